The summed E-state index contributed by atoms with van der Waals surface area (Å²) in [6.07, 6.45) is -4.19. The molecule has 1 unspecified atom stereocenters. The Hall–Kier alpha value is -1.79. The molecule has 0 aliphatic heterocycles. The number of nitrogens with zero attached hydrogens (tertiary/aromatic N) is 1. The fourth-order valence-corrected chi connectivity index (χ4v) is 1.59. The van der Waals surface area contributed by atoms with Gasteiger partial charge in [-0.05, 0) is 24.1 Å². The molecular weight excluding hydrogens is 251 g/mol. The van der Waals surface area contributed by atoms with Gasteiger partial charge >= 0.3 is 6.36 Å². The number of halogens is 3. The second-order valence-corrected chi connectivity index (χ2v) is 3.74. The van der Waals surface area contributed by atoms with Gasteiger partial charge in [0.2, 0.25) is 6.54 Å². The monoisotopic (exact) mass is 263 g/mol. The van der Waals surface area contributed by atoms with E-state index < -0.39 is 11.3 Å². The van der Waals surface area contributed by atoms with Gasteiger partial charge < -0.3 is 4.74 Å². The van der Waals surface area contributed by atoms with Crippen molar-refractivity contribution in [2.75, 3.05) is 6.54 Å². The molecule has 1 aromatic carbocycles. The zero-order chi connectivity index (χ0) is 13.8. The van der Waals surface area contributed by atoms with Gasteiger partial charge in [0.25, 0.3) is 0 Å². The van der Waals surface area contributed by atoms with Gasteiger partial charge in [0.15, 0.2) is 0 Å². The summed E-state index contributed by atoms with van der Waals surface area (Å²) in [7, 11) is 0. The van der Waals surface area contributed by atoms with Crippen LogP contribution in [0.5, 0.6) is 5.75 Å². The van der Waals surface area contributed by atoms with Crippen molar-refractivity contribution < 1.29 is 22.8 Å². The molecule has 0 radical (unpaired) electrons. The molecule has 0 saturated heterocycles. The predicted octanol–water partition coefficient (Wildman–Crippen LogP) is 3.36. The van der Waals surface area contributed by atoms with Crippen LogP contribution in [0.2, 0.25) is 0 Å². The Morgan fingerprint density at radius 2 is 1.89 bits per heavy atom. The van der Waals surface area contributed by atoms with Crippen molar-refractivity contribution >= 4 is 0 Å². The summed E-state index contributed by atoms with van der Waals surface area (Å²) in [5.74, 6) is -0.637. The van der Waals surface area contributed by atoms with Crippen molar-refractivity contribution in [1.29, 1.82) is 0 Å². The average molecular weight is 263 g/mol. The summed E-state index contributed by atoms with van der Waals surface area (Å²) >= 11 is 0. The Morgan fingerprint density at radius 3 is 2.28 bits per heavy atom. The molecule has 0 N–H and O–H groups in total. The fraction of sp³-hybridized carbons (Fsp3) is 0.455. The quantitative estimate of drug-likeness (QED) is 0.604. The third-order valence-electron chi connectivity index (χ3n) is 2.45. The first kappa shape index (κ1) is 14.3. The minimum Gasteiger partial charge on any atom is -0.406 e. The van der Waals surface area contributed by atoms with E-state index in [-0.39, 0.29) is 18.2 Å². The minimum absolute atomic E-state index is 0.240. The third kappa shape index (κ3) is 4.60. The first-order chi connectivity index (χ1) is 8.31. The number of rotatable bonds is 5. The van der Waals surface area contributed by atoms with E-state index in [0.717, 1.165) is 12.1 Å². The lowest BCUT2D eigenvalue weighted by Gasteiger charge is -2.12. The van der Waals surface area contributed by atoms with Crippen LogP contribution < -0.4 is 4.74 Å². The maximum Gasteiger partial charge on any atom is 0.573 e. The largest absolute Gasteiger partial charge is 0.573 e. The fourth-order valence-electron chi connectivity index (χ4n) is 1.59. The van der Waals surface area contributed by atoms with Crippen LogP contribution in [-0.2, 0) is 0 Å². The molecule has 4 nitrogen and oxygen atoms in total. The Balaban J connectivity index is 2.77. The van der Waals surface area contributed by atoms with E-state index in [9.17, 15) is 23.3 Å². The van der Waals surface area contributed by atoms with E-state index in [1.807, 2.05) is 0 Å². The number of nitro groups is 1. The molecule has 0 saturated carbocycles. The Morgan fingerprint density at radius 1 is 1.33 bits per heavy atom. The van der Waals surface area contributed by atoms with Crippen LogP contribution in [0.3, 0.4) is 0 Å². The first-order valence-electron chi connectivity index (χ1n) is 5.29. The van der Waals surface area contributed by atoms with Crippen LogP contribution in [0, 0.1) is 10.1 Å². The molecule has 7 heteroatoms. The van der Waals surface area contributed by atoms with Crippen molar-refractivity contribution in [1.82, 2.24) is 0 Å². The maximum absolute atomic E-state index is 11.9. The number of benzene rings is 1. The number of alkyl halides is 3. The van der Waals surface area contributed by atoms with Crippen molar-refractivity contribution in [2.24, 2.45) is 0 Å². The van der Waals surface area contributed by atoms with Crippen LogP contribution in [0.1, 0.15) is 24.8 Å². The highest BCUT2D eigenvalue weighted by Crippen LogP contribution is 2.26. The lowest BCUT2D eigenvalue weighted by molar-refractivity contribution is -0.483. The summed E-state index contributed by atoms with van der Waals surface area (Å²) in [6, 6.07) is 5.15. The van der Waals surface area contributed by atoms with E-state index in [1.165, 1.54) is 12.1 Å². The SMILES string of the molecule is CCC(C[N+](=O)[O-])c1ccc(OC(F)(F)F)cc1. The average Bonchev–Trinajstić information content (AvgIpc) is 2.24. The molecule has 1 aromatic rings. The number of hydrogen-bond donors (Lipinski definition) is 0. The maximum atomic E-state index is 11.9. The highest BCUT2D eigenvalue weighted by molar-refractivity contribution is 5.29. The van der Waals surface area contributed by atoms with Gasteiger partial charge in [0.05, 0.1) is 0 Å². The van der Waals surface area contributed by atoms with Gasteiger partial charge in [0.1, 0.15) is 5.75 Å². The van der Waals surface area contributed by atoms with Crippen molar-refractivity contribution in [2.45, 2.75) is 25.6 Å². The van der Waals surface area contributed by atoms with E-state index in [1.54, 1.807) is 6.92 Å². The molecule has 0 aliphatic carbocycles. The van der Waals surface area contributed by atoms with E-state index in [0.29, 0.717) is 12.0 Å². The molecule has 0 bridgehead atoms. The molecule has 18 heavy (non-hydrogen) atoms. The van der Waals surface area contributed by atoms with Gasteiger partial charge in [-0.2, -0.15) is 0 Å². The summed E-state index contributed by atoms with van der Waals surface area (Å²) in [6.45, 7) is 1.55. The lowest BCUT2D eigenvalue weighted by atomic mass is 9.97. The molecule has 0 aliphatic rings. The number of hydrogen-bond acceptors (Lipinski definition) is 3. The third-order valence-corrected chi connectivity index (χ3v) is 2.45. The van der Waals surface area contributed by atoms with E-state index >= 15 is 0 Å². The van der Waals surface area contributed by atoms with E-state index in [4.69, 9.17) is 0 Å². The topological polar surface area (TPSA) is 52.4 Å². The molecule has 0 fully saturated rings. The summed E-state index contributed by atoms with van der Waals surface area (Å²) in [5.41, 5.74) is 0.628. The molecule has 1 rings (SSSR count). The van der Waals surface area contributed by atoms with Gasteiger partial charge in [0, 0.05) is 10.8 Å². The normalized spacial score (nSPS) is 13.1. The minimum atomic E-state index is -4.73. The van der Waals surface area contributed by atoms with E-state index in [2.05, 4.69) is 4.74 Å². The van der Waals surface area contributed by atoms with Crippen molar-refractivity contribution in [3.8, 4) is 5.75 Å². The number of ether oxygens (including phenoxy) is 1. The highest BCUT2D eigenvalue weighted by Gasteiger charge is 2.31. The first-order valence-corrected chi connectivity index (χ1v) is 5.29. The Labute approximate surface area is 102 Å². The van der Waals surface area contributed by atoms with Gasteiger partial charge in [-0.3, -0.25) is 10.1 Å². The molecule has 0 amide bonds. The van der Waals surface area contributed by atoms with Crippen molar-refractivity contribution in [3.63, 3.8) is 0 Å². The van der Waals surface area contributed by atoms with Crippen LogP contribution in [-0.4, -0.2) is 17.8 Å². The standard InChI is InChI=1S/C11H12F3NO3/c1-2-8(7-15(16)17)9-3-5-10(6-4-9)18-11(12,13)14/h3-6,8H,2,7H2,1H3. The molecule has 0 spiro atoms. The molecule has 1 atom stereocenters. The predicted molar refractivity (Wildman–Crippen MR) is 58.0 cm³/mol. The lowest BCUT2D eigenvalue weighted by Crippen LogP contribution is -2.17. The Kier molecular flexibility index (Phi) is 4.52. The smallest absolute Gasteiger partial charge is 0.406 e. The highest BCUT2D eigenvalue weighted by atomic mass is 19.4. The molecule has 0 heterocycles. The second-order valence-electron chi connectivity index (χ2n) is 3.74. The van der Waals surface area contributed by atoms with Gasteiger partial charge in [-0.15, -0.1) is 13.2 Å². The molecular formula is C11H12F3NO3. The van der Waals surface area contributed by atoms with Crippen molar-refractivity contribution in [3.05, 3.63) is 39.9 Å². The van der Waals surface area contributed by atoms with Gasteiger partial charge in [-0.25, -0.2) is 0 Å². The zero-order valence-corrected chi connectivity index (χ0v) is 9.61. The van der Waals surface area contributed by atoms with Crippen LogP contribution in [0.15, 0.2) is 24.3 Å². The summed E-state index contributed by atoms with van der Waals surface area (Å²) in [5, 5.41) is 10.4. The second kappa shape index (κ2) is 5.70. The molecule has 100 valence electrons. The Bertz CT molecular complexity index is 403. The molecule has 0 aromatic heterocycles. The summed E-state index contributed by atoms with van der Waals surface area (Å²) in [4.78, 5) is 9.99. The van der Waals surface area contributed by atoms with Crippen LogP contribution >= 0.6 is 0 Å². The summed E-state index contributed by atoms with van der Waals surface area (Å²) < 4.78 is 39.5. The van der Waals surface area contributed by atoms with Crippen LogP contribution in [0.4, 0.5) is 13.2 Å². The van der Waals surface area contributed by atoms with Gasteiger partial charge in [-0.1, -0.05) is 19.1 Å². The van der Waals surface area contributed by atoms with Crippen LogP contribution in [0.25, 0.3) is 0 Å². The zero-order valence-electron chi connectivity index (χ0n) is 9.61.